The molecule has 4 rings (SSSR count). The summed E-state index contributed by atoms with van der Waals surface area (Å²) in [5, 5.41) is 13.9. The van der Waals surface area contributed by atoms with E-state index in [1.54, 1.807) is 0 Å². The number of aromatic nitrogens is 5. The molecule has 0 radical (unpaired) electrons. The Morgan fingerprint density at radius 3 is 2.48 bits per heavy atom. The number of H-pyrrole nitrogens is 1. The number of hydrogen-bond acceptors (Lipinski definition) is 5. The highest BCUT2D eigenvalue weighted by Gasteiger charge is 2.33. The third-order valence-corrected chi connectivity index (χ3v) is 7.15. The van der Waals surface area contributed by atoms with Gasteiger partial charge >= 0.3 is 0 Å². The van der Waals surface area contributed by atoms with Crippen LogP contribution in [0.25, 0.3) is 10.9 Å². The molecule has 0 saturated heterocycles. The average Bonchev–Trinajstić information content (AvgIpc) is 3.26. The van der Waals surface area contributed by atoms with Gasteiger partial charge in [-0.25, -0.2) is 4.68 Å². The number of pyridine rings is 1. The lowest BCUT2D eigenvalue weighted by molar-refractivity contribution is 0.0810. The zero-order valence-corrected chi connectivity index (χ0v) is 21.0. The van der Waals surface area contributed by atoms with Gasteiger partial charge in [-0.3, -0.25) is 9.69 Å². The van der Waals surface area contributed by atoms with Crippen molar-refractivity contribution in [2.75, 3.05) is 0 Å². The highest BCUT2D eigenvalue weighted by molar-refractivity contribution is 5.80. The normalized spacial score (nSPS) is 16.6. The fourth-order valence-electron chi connectivity index (χ4n) is 5.19. The van der Waals surface area contributed by atoms with E-state index in [1.807, 2.05) is 4.68 Å². The number of hydrogen-bond donors (Lipinski definition) is 1. The molecule has 0 aliphatic heterocycles. The Bertz CT molecular complexity index is 1170. The molecule has 1 saturated carbocycles. The van der Waals surface area contributed by atoms with E-state index < -0.39 is 0 Å². The molecule has 1 aliphatic carbocycles. The maximum Gasteiger partial charge on any atom is 0.252 e. The van der Waals surface area contributed by atoms with Crippen molar-refractivity contribution in [1.29, 1.82) is 0 Å². The second-order valence-corrected chi connectivity index (χ2v) is 10.7. The van der Waals surface area contributed by atoms with Crippen LogP contribution in [0.1, 0.15) is 94.8 Å². The van der Waals surface area contributed by atoms with Crippen LogP contribution in [-0.4, -0.2) is 36.1 Å². The van der Waals surface area contributed by atoms with Crippen LogP contribution in [-0.2, 0) is 12.1 Å². The molecule has 3 aromatic rings. The van der Waals surface area contributed by atoms with Crippen molar-refractivity contribution in [3.05, 3.63) is 51.1 Å². The van der Waals surface area contributed by atoms with Gasteiger partial charge in [0, 0.05) is 23.7 Å². The quantitative estimate of drug-likeness (QED) is 0.560. The first-order valence-electron chi connectivity index (χ1n) is 12.4. The molecule has 1 aromatic carbocycles. The van der Waals surface area contributed by atoms with Crippen LogP contribution in [0.2, 0.25) is 0 Å². The van der Waals surface area contributed by atoms with Crippen molar-refractivity contribution >= 4 is 10.9 Å². The van der Waals surface area contributed by atoms with E-state index in [4.69, 9.17) is 0 Å². The lowest BCUT2D eigenvalue weighted by atomic mass is 9.92. The van der Waals surface area contributed by atoms with Crippen molar-refractivity contribution in [1.82, 2.24) is 30.1 Å². The first kappa shape index (κ1) is 23.6. The van der Waals surface area contributed by atoms with E-state index >= 15 is 0 Å². The number of benzene rings is 1. The number of aromatic amines is 1. The van der Waals surface area contributed by atoms with E-state index in [9.17, 15) is 4.79 Å². The van der Waals surface area contributed by atoms with Gasteiger partial charge in [0.25, 0.3) is 5.56 Å². The number of nitrogens with one attached hydrogen (secondary N) is 1. The highest BCUT2D eigenvalue weighted by Crippen LogP contribution is 2.34. The molecule has 1 fully saturated rings. The van der Waals surface area contributed by atoms with E-state index in [0.717, 1.165) is 41.6 Å². The van der Waals surface area contributed by atoms with Crippen LogP contribution in [0.3, 0.4) is 0 Å². The molecule has 2 heterocycles. The van der Waals surface area contributed by atoms with Gasteiger partial charge in [-0.05, 0) is 99.0 Å². The van der Waals surface area contributed by atoms with E-state index in [1.165, 1.54) is 30.4 Å². The van der Waals surface area contributed by atoms with Gasteiger partial charge in [0.2, 0.25) is 0 Å². The van der Waals surface area contributed by atoms with E-state index in [0.29, 0.717) is 12.6 Å². The molecule has 0 bridgehead atoms. The smallest absolute Gasteiger partial charge is 0.252 e. The van der Waals surface area contributed by atoms with E-state index in [-0.39, 0.29) is 17.1 Å². The molecule has 7 nitrogen and oxygen atoms in total. The lowest BCUT2D eigenvalue weighted by Gasteiger charge is -2.39. The Morgan fingerprint density at radius 2 is 1.82 bits per heavy atom. The number of fused-ring (bicyclic) bond motifs is 1. The summed E-state index contributed by atoms with van der Waals surface area (Å²) in [6, 6.07) is 6.80. The Labute approximate surface area is 196 Å². The Hall–Kier alpha value is -2.54. The molecule has 178 valence electrons. The maximum absolute atomic E-state index is 13.1. The summed E-state index contributed by atoms with van der Waals surface area (Å²) in [7, 11) is 0. The number of tetrazole rings is 1. The average molecular weight is 451 g/mol. The molecule has 7 heteroatoms. The van der Waals surface area contributed by atoms with Gasteiger partial charge in [-0.15, -0.1) is 5.10 Å². The van der Waals surface area contributed by atoms with Gasteiger partial charge < -0.3 is 4.98 Å². The lowest BCUT2D eigenvalue weighted by Crippen LogP contribution is -2.42. The van der Waals surface area contributed by atoms with Crippen LogP contribution in [0, 0.1) is 13.8 Å². The van der Waals surface area contributed by atoms with Crippen molar-refractivity contribution in [3.63, 3.8) is 0 Å². The molecule has 1 atom stereocenters. The summed E-state index contributed by atoms with van der Waals surface area (Å²) < 4.78 is 1.95. The van der Waals surface area contributed by atoms with Crippen molar-refractivity contribution in [2.24, 2.45) is 0 Å². The molecule has 2 aromatic heterocycles. The Morgan fingerprint density at radius 1 is 1.12 bits per heavy atom. The molecular formula is C26H38N6O. The van der Waals surface area contributed by atoms with Crippen molar-refractivity contribution in [3.8, 4) is 0 Å². The van der Waals surface area contributed by atoms with E-state index in [2.05, 4.69) is 85.2 Å². The molecule has 1 aliphatic rings. The fourth-order valence-corrected chi connectivity index (χ4v) is 5.19. The summed E-state index contributed by atoms with van der Waals surface area (Å²) in [5.41, 5.74) is 3.93. The Kier molecular flexibility index (Phi) is 6.71. The van der Waals surface area contributed by atoms with Crippen LogP contribution in [0.4, 0.5) is 0 Å². The third-order valence-electron chi connectivity index (χ3n) is 7.15. The predicted molar refractivity (Wildman–Crippen MR) is 132 cm³/mol. The van der Waals surface area contributed by atoms with Crippen LogP contribution >= 0.6 is 0 Å². The first-order chi connectivity index (χ1) is 15.7. The molecule has 33 heavy (non-hydrogen) atoms. The Balaban J connectivity index is 1.77. The number of nitrogens with zero attached hydrogens (tertiary/aromatic N) is 5. The standard InChI is InChI=1S/C26H38N6O/c1-7-23(24-28-29-30-32(24)26(4,5)6)31(21-11-9-8-10-12-21)16-20-15-19-13-17(2)18(3)14-22(19)27-25(20)33/h13-15,21,23H,7-12,16H2,1-6H3,(H,27,33)/t23-/m1/s1. The monoisotopic (exact) mass is 450 g/mol. The second-order valence-electron chi connectivity index (χ2n) is 10.7. The minimum Gasteiger partial charge on any atom is -0.322 e. The van der Waals surface area contributed by atoms with Crippen LogP contribution in [0.5, 0.6) is 0 Å². The third kappa shape index (κ3) is 4.88. The molecule has 0 amide bonds. The zero-order valence-electron chi connectivity index (χ0n) is 21.0. The van der Waals surface area contributed by atoms with Crippen molar-refractivity contribution in [2.45, 2.75) is 104 Å². The van der Waals surface area contributed by atoms with Crippen LogP contribution < -0.4 is 5.56 Å². The largest absolute Gasteiger partial charge is 0.322 e. The maximum atomic E-state index is 13.1. The van der Waals surface area contributed by atoms with Gasteiger partial charge in [0.05, 0.1) is 11.6 Å². The fraction of sp³-hybridized carbons (Fsp3) is 0.615. The molecule has 1 N–H and O–H groups in total. The summed E-state index contributed by atoms with van der Waals surface area (Å²) in [4.78, 5) is 18.8. The van der Waals surface area contributed by atoms with Gasteiger partial charge in [-0.1, -0.05) is 26.2 Å². The first-order valence-corrected chi connectivity index (χ1v) is 12.4. The second kappa shape index (κ2) is 9.37. The van der Waals surface area contributed by atoms with Gasteiger partial charge in [0.15, 0.2) is 5.82 Å². The van der Waals surface area contributed by atoms with Gasteiger partial charge in [0.1, 0.15) is 0 Å². The van der Waals surface area contributed by atoms with Crippen molar-refractivity contribution < 1.29 is 0 Å². The molecule has 0 spiro atoms. The van der Waals surface area contributed by atoms with Crippen LogP contribution in [0.15, 0.2) is 23.0 Å². The molecule has 0 unspecified atom stereocenters. The zero-order chi connectivity index (χ0) is 23.8. The minimum absolute atomic E-state index is 0.00294. The topological polar surface area (TPSA) is 79.7 Å². The molecular weight excluding hydrogens is 412 g/mol. The number of aryl methyl sites for hydroxylation is 2. The summed E-state index contributed by atoms with van der Waals surface area (Å²) in [6.07, 6.45) is 6.93. The number of rotatable bonds is 6. The SMILES string of the molecule is CC[C@H](c1nnnn1C(C)(C)C)N(Cc1cc2cc(C)c(C)cc2[nH]c1=O)C1CCCCC1. The summed E-state index contributed by atoms with van der Waals surface area (Å²) in [6.45, 7) is 13.4. The summed E-state index contributed by atoms with van der Waals surface area (Å²) in [5.74, 6) is 0.888. The predicted octanol–water partition coefficient (Wildman–Crippen LogP) is 5.17. The summed E-state index contributed by atoms with van der Waals surface area (Å²) >= 11 is 0. The van der Waals surface area contributed by atoms with Gasteiger partial charge in [-0.2, -0.15) is 0 Å². The minimum atomic E-state index is -0.208. The highest BCUT2D eigenvalue weighted by atomic mass is 16.1.